The Morgan fingerprint density at radius 3 is 1.80 bits per heavy atom. The Morgan fingerprint density at radius 1 is 0.732 bits per heavy atom. The number of hydrogen-bond donors (Lipinski definition) is 4. The number of nitrogens with one attached hydrogen (secondary N) is 4. The second kappa shape index (κ2) is 19.4. The van der Waals surface area contributed by atoms with Gasteiger partial charge in [0.15, 0.2) is 0 Å². The molecule has 0 saturated carbocycles. The molecule has 0 heterocycles. The molecule has 0 aliphatic rings. The van der Waals surface area contributed by atoms with E-state index in [1.165, 1.54) is 6.07 Å². The van der Waals surface area contributed by atoms with Crippen LogP contribution in [-0.2, 0) is 31.4 Å². The van der Waals surface area contributed by atoms with E-state index in [1.807, 2.05) is 5.32 Å². The molecule has 0 bridgehead atoms. The van der Waals surface area contributed by atoms with Gasteiger partial charge in [-0.15, -0.1) is 0 Å². The van der Waals surface area contributed by atoms with Crippen molar-refractivity contribution < 1.29 is 64.5 Å². The smallest absolute Gasteiger partial charge is 0.416 e. The topological polar surface area (TPSA) is 161 Å². The predicted molar refractivity (Wildman–Crippen MR) is 194 cm³/mol. The number of rotatable bonds is 14. The molecule has 2 rings (SSSR count). The van der Waals surface area contributed by atoms with Crippen molar-refractivity contribution in [2.24, 2.45) is 5.92 Å². The lowest BCUT2D eigenvalue weighted by molar-refractivity contribution is -0.143. The van der Waals surface area contributed by atoms with Crippen molar-refractivity contribution >= 4 is 47.3 Å². The third-order valence-corrected chi connectivity index (χ3v) is 7.38. The largest absolute Gasteiger partial charge is 0.444 e. The zero-order valence-electron chi connectivity index (χ0n) is 32.1. The lowest BCUT2D eigenvalue weighted by Gasteiger charge is -2.26. The highest BCUT2D eigenvalue weighted by atomic mass is 35.5. The van der Waals surface area contributed by atoms with E-state index in [9.17, 15) is 50.3 Å². The van der Waals surface area contributed by atoms with Crippen molar-refractivity contribution in [2.45, 2.75) is 117 Å². The van der Waals surface area contributed by atoms with E-state index in [0.717, 1.165) is 12.1 Å². The molecular weight excluding hydrogens is 778 g/mol. The summed E-state index contributed by atoms with van der Waals surface area (Å²) in [5, 5.41) is 9.50. The Morgan fingerprint density at radius 2 is 1.29 bits per heavy atom. The Kier molecular flexibility index (Phi) is 16.4. The molecule has 4 N–H and O–H groups in total. The molecule has 2 aromatic carbocycles. The van der Waals surface area contributed by atoms with Gasteiger partial charge in [0.2, 0.25) is 5.91 Å². The first kappa shape index (κ1) is 47.4. The molecule has 0 aromatic heterocycles. The third kappa shape index (κ3) is 17.0. The number of alkyl carbamates (subject to hydrolysis) is 2. The number of alkyl halides is 6. The van der Waals surface area contributed by atoms with Crippen LogP contribution >= 0.6 is 11.6 Å². The summed E-state index contributed by atoms with van der Waals surface area (Å²) in [6.45, 7) is 13.6. The minimum absolute atomic E-state index is 0.0108. The molecule has 12 nitrogen and oxygen atoms in total. The SMILES string of the molecule is CC(C)C[C@H](NC(=O)[C@H](CCCCNC(=O)OC(C)(C)C)NC(=O)OC(C)(C)C)C(=O)Oc1ccc(Cl)cc1C(=O)Nc1cc(C(F)(F)F)cc(C(F)(F)F)c1. The number of hydrogen-bond acceptors (Lipinski definition) is 8. The van der Waals surface area contributed by atoms with Gasteiger partial charge < -0.3 is 35.5 Å². The van der Waals surface area contributed by atoms with Crippen LogP contribution in [0.2, 0.25) is 5.02 Å². The van der Waals surface area contributed by atoms with Crippen molar-refractivity contribution in [3.8, 4) is 5.75 Å². The van der Waals surface area contributed by atoms with Gasteiger partial charge in [0.05, 0.1) is 16.7 Å². The average Bonchev–Trinajstić information content (AvgIpc) is 3.01. The quantitative estimate of drug-likeness (QED) is 0.0637. The van der Waals surface area contributed by atoms with Gasteiger partial charge in [-0.05, 0) is 110 Å². The monoisotopic (exact) mass is 824 g/mol. The lowest BCUT2D eigenvalue weighted by atomic mass is 10.0. The van der Waals surface area contributed by atoms with Crippen molar-refractivity contribution in [1.82, 2.24) is 16.0 Å². The van der Waals surface area contributed by atoms with Crippen LogP contribution < -0.4 is 26.0 Å². The summed E-state index contributed by atoms with van der Waals surface area (Å²) in [6.07, 6.45) is -11.2. The van der Waals surface area contributed by atoms with Gasteiger partial charge in [-0.3, -0.25) is 9.59 Å². The number of anilines is 1. The number of unbranched alkanes of at least 4 members (excludes halogenated alkanes) is 1. The molecular formula is C37H47ClF6N4O8. The van der Waals surface area contributed by atoms with E-state index >= 15 is 0 Å². The molecule has 0 fully saturated rings. The first-order valence-electron chi connectivity index (χ1n) is 17.4. The van der Waals surface area contributed by atoms with Crippen LogP contribution in [0.5, 0.6) is 5.75 Å². The summed E-state index contributed by atoms with van der Waals surface area (Å²) in [4.78, 5) is 65.1. The summed E-state index contributed by atoms with van der Waals surface area (Å²) in [5.74, 6) is -3.89. The van der Waals surface area contributed by atoms with E-state index in [2.05, 4.69) is 16.0 Å². The molecule has 0 saturated heterocycles. The minimum Gasteiger partial charge on any atom is -0.444 e. The molecule has 0 unspecified atom stereocenters. The highest BCUT2D eigenvalue weighted by molar-refractivity contribution is 6.31. The molecule has 312 valence electrons. The van der Waals surface area contributed by atoms with Crippen LogP contribution in [-0.4, -0.2) is 59.8 Å². The first-order valence-corrected chi connectivity index (χ1v) is 17.8. The van der Waals surface area contributed by atoms with Crippen molar-refractivity contribution in [1.29, 1.82) is 0 Å². The number of ether oxygens (including phenoxy) is 3. The molecule has 2 aromatic rings. The van der Waals surface area contributed by atoms with Gasteiger partial charge >= 0.3 is 30.5 Å². The first-order chi connectivity index (χ1) is 25.5. The molecule has 0 radical (unpaired) electrons. The number of benzene rings is 2. The van der Waals surface area contributed by atoms with Crippen LogP contribution in [0.1, 0.15) is 103 Å². The molecule has 56 heavy (non-hydrogen) atoms. The zero-order chi connectivity index (χ0) is 42.8. The van der Waals surface area contributed by atoms with Crippen LogP contribution in [0.3, 0.4) is 0 Å². The van der Waals surface area contributed by atoms with Gasteiger partial charge in [-0.1, -0.05) is 25.4 Å². The summed E-state index contributed by atoms with van der Waals surface area (Å²) in [7, 11) is 0. The van der Waals surface area contributed by atoms with Gasteiger partial charge in [-0.25, -0.2) is 14.4 Å². The molecule has 0 spiro atoms. The molecule has 4 amide bonds. The third-order valence-electron chi connectivity index (χ3n) is 7.15. The van der Waals surface area contributed by atoms with Crippen molar-refractivity contribution in [3.05, 3.63) is 58.1 Å². The van der Waals surface area contributed by atoms with E-state index in [1.54, 1.807) is 55.4 Å². The van der Waals surface area contributed by atoms with Gasteiger partial charge in [0.1, 0.15) is 29.0 Å². The maximum absolute atomic E-state index is 13.6. The van der Waals surface area contributed by atoms with Crippen LogP contribution in [0.15, 0.2) is 36.4 Å². The van der Waals surface area contributed by atoms with Crippen LogP contribution in [0.4, 0.5) is 41.6 Å². The summed E-state index contributed by atoms with van der Waals surface area (Å²) >= 11 is 6.04. The van der Waals surface area contributed by atoms with Crippen molar-refractivity contribution in [3.63, 3.8) is 0 Å². The summed E-state index contributed by atoms with van der Waals surface area (Å²) in [5.41, 5.74) is -6.37. The fraction of sp³-hybridized carbons (Fsp3) is 0.541. The molecule has 0 aliphatic heterocycles. The number of esters is 1. The number of carbonyl (C=O) groups excluding carboxylic acids is 5. The minimum atomic E-state index is -5.19. The maximum Gasteiger partial charge on any atom is 0.416 e. The second-order valence-corrected chi connectivity index (χ2v) is 15.6. The van der Waals surface area contributed by atoms with E-state index < -0.39 is 93.7 Å². The highest BCUT2D eigenvalue weighted by Crippen LogP contribution is 2.38. The number of amides is 4. The van der Waals surface area contributed by atoms with E-state index in [4.69, 9.17) is 25.8 Å². The van der Waals surface area contributed by atoms with Gasteiger partial charge in [0, 0.05) is 17.3 Å². The Balaban J connectivity index is 2.32. The van der Waals surface area contributed by atoms with Crippen molar-refractivity contribution in [2.75, 3.05) is 11.9 Å². The van der Waals surface area contributed by atoms with E-state index in [-0.39, 0.29) is 36.4 Å². The molecule has 19 heteroatoms. The maximum atomic E-state index is 13.6. The fourth-order valence-electron chi connectivity index (χ4n) is 4.83. The molecule has 0 aliphatic carbocycles. The standard InChI is InChI=1S/C37H47ClF6N4O8/c1-20(2)15-27(47-30(50)26(48-33(53)56-35(6,7)8)11-9-10-14-45-32(52)55-34(3,4)5)31(51)54-28-13-12-23(38)19-25(28)29(49)46-24-17-21(36(39,40)41)16-22(18-24)37(42,43)44/h12-13,16-20,26-27H,9-11,14-15H2,1-8H3,(H,45,52)(H,46,49)(H,47,50)(H,48,53)/t26-,27-/m0/s1. The average molecular weight is 825 g/mol. The summed E-state index contributed by atoms with van der Waals surface area (Å²) < 4.78 is 96.5. The van der Waals surface area contributed by atoms with Gasteiger partial charge in [-0.2, -0.15) is 26.3 Å². The lowest BCUT2D eigenvalue weighted by Crippen LogP contribution is -2.53. The Labute approximate surface area is 325 Å². The molecule has 2 atom stereocenters. The Hall–Kier alpha value is -4.74. The summed E-state index contributed by atoms with van der Waals surface area (Å²) in [6, 6.07) is 1.14. The number of halogens is 7. The van der Waals surface area contributed by atoms with Gasteiger partial charge in [0.25, 0.3) is 5.91 Å². The number of carbonyl (C=O) groups is 5. The zero-order valence-corrected chi connectivity index (χ0v) is 32.9. The normalized spacial score (nSPS) is 13.3. The fourth-order valence-corrected chi connectivity index (χ4v) is 5.00. The van der Waals surface area contributed by atoms with E-state index in [0.29, 0.717) is 25.0 Å². The van der Waals surface area contributed by atoms with Crippen LogP contribution in [0, 0.1) is 5.92 Å². The predicted octanol–water partition coefficient (Wildman–Crippen LogP) is 8.65. The Bertz CT molecular complexity index is 1690. The second-order valence-electron chi connectivity index (χ2n) is 15.1. The van der Waals surface area contributed by atoms with Crippen LogP contribution in [0.25, 0.3) is 0 Å². The highest BCUT2D eigenvalue weighted by Gasteiger charge is 2.37.